The van der Waals surface area contributed by atoms with Gasteiger partial charge < -0.3 is 14.7 Å². The molecule has 0 spiro atoms. The molecule has 2 fully saturated rings. The van der Waals surface area contributed by atoms with Crippen LogP contribution in [-0.2, 0) is 6.54 Å². The lowest BCUT2D eigenvalue weighted by molar-refractivity contribution is -0.963. The molecule has 6 heteroatoms. The number of piperidine rings is 1. The average molecular weight is 383 g/mol. The minimum absolute atomic E-state index is 0.177. The first kappa shape index (κ1) is 18.9. The summed E-state index contributed by atoms with van der Waals surface area (Å²) >= 11 is 0. The summed E-state index contributed by atoms with van der Waals surface area (Å²) in [6.45, 7) is 8.14. The number of nitro groups is 1. The van der Waals surface area contributed by atoms with Crippen molar-refractivity contribution in [1.29, 1.82) is 0 Å². The zero-order chi connectivity index (χ0) is 19.3. The summed E-state index contributed by atoms with van der Waals surface area (Å²) in [4.78, 5) is 16.3. The van der Waals surface area contributed by atoms with E-state index in [1.807, 2.05) is 12.1 Å². The van der Waals surface area contributed by atoms with Gasteiger partial charge in [-0.05, 0) is 24.3 Å². The van der Waals surface area contributed by atoms with Crippen LogP contribution in [0.15, 0.2) is 54.6 Å². The first-order chi connectivity index (χ1) is 13.7. The molecule has 148 valence electrons. The van der Waals surface area contributed by atoms with Crippen molar-refractivity contribution in [3.63, 3.8) is 0 Å². The van der Waals surface area contributed by atoms with E-state index < -0.39 is 0 Å². The van der Waals surface area contributed by atoms with E-state index in [2.05, 4.69) is 35.2 Å². The average Bonchev–Trinajstić information content (AvgIpc) is 2.75. The summed E-state index contributed by atoms with van der Waals surface area (Å²) in [7, 11) is 0. The Labute approximate surface area is 166 Å². The number of likely N-dealkylation sites (tertiary alicyclic amines) is 1. The molecule has 0 aliphatic carbocycles. The smallest absolute Gasteiger partial charge is 0.269 e. The molecule has 2 aliphatic heterocycles. The van der Waals surface area contributed by atoms with E-state index in [1.54, 1.807) is 21.9 Å². The van der Waals surface area contributed by atoms with E-state index in [4.69, 9.17) is 0 Å². The molecule has 2 heterocycles. The SMILES string of the molecule is O=[N+]([O-])c1ccc(C[NH+]2CCC([NH+]3CCN(c4ccccc4)CC3)CC2)cc1. The molecule has 4 rings (SSSR count). The Morgan fingerprint density at radius 3 is 2.18 bits per heavy atom. The third-order valence-electron chi connectivity index (χ3n) is 6.40. The van der Waals surface area contributed by atoms with Crippen LogP contribution in [0, 0.1) is 10.1 Å². The fourth-order valence-electron chi connectivity index (χ4n) is 4.73. The van der Waals surface area contributed by atoms with Crippen molar-refractivity contribution >= 4 is 11.4 Å². The van der Waals surface area contributed by atoms with Crippen molar-refractivity contribution < 1.29 is 14.7 Å². The lowest BCUT2D eigenvalue weighted by Crippen LogP contribution is -3.21. The number of nitrogens with zero attached hydrogens (tertiary/aromatic N) is 2. The Bertz CT molecular complexity index is 765. The molecular weight excluding hydrogens is 352 g/mol. The zero-order valence-corrected chi connectivity index (χ0v) is 16.3. The van der Waals surface area contributed by atoms with Crippen molar-refractivity contribution in [3.8, 4) is 0 Å². The van der Waals surface area contributed by atoms with Gasteiger partial charge in [0, 0.05) is 36.2 Å². The van der Waals surface area contributed by atoms with Gasteiger partial charge in [-0.2, -0.15) is 0 Å². The van der Waals surface area contributed by atoms with Gasteiger partial charge in [0.1, 0.15) is 6.54 Å². The Balaban J connectivity index is 1.23. The second kappa shape index (κ2) is 8.71. The van der Waals surface area contributed by atoms with Gasteiger partial charge in [0.05, 0.1) is 50.2 Å². The first-order valence-corrected chi connectivity index (χ1v) is 10.4. The summed E-state index contributed by atoms with van der Waals surface area (Å²) < 4.78 is 0. The molecule has 2 aliphatic rings. The van der Waals surface area contributed by atoms with Crippen LogP contribution in [0.5, 0.6) is 0 Å². The molecule has 0 unspecified atom stereocenters. The number of rotatable bonds is 5. The normalized spacial score (nSPS) is 23.5. The van der Waals surface area contributed by atoms with E-state index in [9.17, 15) is 10.1 Å². The molecule has 0 amide bonds. The molecule has 2 aromatic carbocycles. The van der Waals surface area contributed by atoms with Crippen LogP contribution in [0.2, 0.25) is 0 Å². The molecule has 0 atom stereocenters. The molecule has 0 saturated carbocycles. The minimum atomic E-state index is -0.331. The quantitative estimate of drug-likeness (QED) is 0.587. The molecule has 2 aromatic rings. The van der Waals surface area contributed by atoms with Gasteiger partial charge in [0.25, 0.3) is 5.69 Å². The van der Waals surface area contributed by atoms with Crippen LogP contribution in [0.3, 0.4) is 0 Å². The number of quaternary nitrogens is 2. The maximum Gasteiger partial charge on any atom is 0.269 e. The summed E-state index contributed by atoms with van der Waals surface area (Å²) in [5, 5.41) is 10.8. The van der Waals surface area contributed by atoms with Gasteiger partial charge in [-0.3, -0.25) is 10.1 Å². The molecule has 0 radical (unpaired) electrons. The van der Waals surface area contributed by atoms with E-state index >= 15 is 0 Å². The monoisotopic (exact) mass is 382 g/mol. The van der Waals surface area contributed by atoms with Crippen LogP contribution in [0.25, 0.3) is 0 Å². The Kier molecular flexibility index (Phi) is 5.88. The number of para-hydroxylation sites is 1. The van der Waals surface area contributed by atoms with Gasteiger partial charge in [-0.25, -0.2) is 0 Å². The van der Waals surface area contributed by atoms with E-state index in [0.29, 0.717) is 0 Å². The topological polar surface area (TPSA) is 55.3 Å². The molecule has 2 saturated heterocycles. The fourth-order valence-corrected chi connectivity index (χ4v) is 4.73. The predicted molar refractivity (Wildman–Crippen MR) is 110 cm³/mol. The largest absolute Gasteiger partial charge is 0.360 e. The molecule has 2 N–H and O–H groups in total. The number of piperazine rings is 1. The number of nitro benzene ring substituents is 1. The minimum Gasteiger partial charge on any atom is -0.360 e. The molecule has 6 nitrogen and oxygen atoms in total. The summed E-state index contributed by atoms with van der Waals surface area (Å²) in [6.07, 6.45) is 2.56. The van der Waals surface area contributed by atoms with Gasteiger partial charge >= 0.3 is 0 Å². The van der Waals surface area contributed by atoms with Crippen LogP contribution >= 0.6 is 0 Å². The van der Waals surface area contributed by atoms with Gasteiger partial charge in [-0.15, -0.1) is 0 Å². The highest BCUT2D eigenvalue weighted by atomic mass is 16.6. The Morgan fingerprint density at radius 2 is 1.57 bits per heavy atom. The zero-order valence-electron chi connectivity index (χ0n) is 16.3. The standard InChI is InChI=1S/C22H28N4O2/c27-26(28)22-8-6-19(7-9-22)18-23-12-10-21(11-13-23)25-16-14-24(15-17-25)20-4-2-1-3-5-20/h1-9,21H,10-18H2/p+2. The third-order valence-corrected chi connectivity index (χ3v) is 6.40. The molecule has 0 bridgehead atoms. The van der Waals surface area contributed by atoms with Crippen molar-refractivity contribution in [2.24, 2.45) is 0 Å². The van der Waals surface area contributed by atoms with Crippen LogP contribution in [0.1, 0.15) is 18.4 Å². The van der Waals surface area contributed by atoms with Crippen molar-refractivity contribution in [1.82, 2.24) is 0 Å². The second-order valence-corrected chi connectivity index (χ2v) is 8.11. The Morgan fingerprint density at radius 1 is 0.929 bits per heavy atom. The molecule has 0 aromatic heterocycles. The lowest BCUT2D eigenvalue weighted by atomic mass is 10.0. The lowest BCUT2D eigenvalue weighted by Gasteiger charge is -2.39. The van der Waals surface area contributed by atoms with Crippen molar-refractivity contribution in [2.75, 3.05) is 44.2 Å². The van der Waals surface area contributed by atoms with E-state index in [-0.39, 0.29) is 10.6 Å². The predicted octanol–water partition coefficient (Wildman–Crippen LogP) is 0.547. The highest BCUT2D eigenvalue weighted by molar-refractivity contribution is 5.46. The first-order valence-electron chi connectivity index (χ1n) is 10.4. The van der Waals surface area contributed by atoms with Gasteiger partial charge in [-0.1, -0.05) is 18.2 Å². The van der Waals surface area contributed by atoms with Crippen molar-refractivity contribution in [2.45, 2.75) is 25.4 Å². The van der Waals surface area contributed by atoms with Gasteiger partial charge in [0.2, 0.25) is 0 Å². The third kappa shape index (κ3) is 4.51. The van der Waals surface area contributed by atoms with Crippen LogP contribution < -0.4 is 14.7 Å². The number of benzene rings is 2. The van der Waals surface area contributed by atoms with Crippen LogP contribution in [0.4, 0.5) is 11.4 Å². The van der Waals surface area contributed by atoms with E-state index in [0.717, 1.165) is 25.7 Å². The Hall–Kier alpha value is -2.44. The summed E-state index contributed by atoms with van der Waals surface area (Å²) in [6, 6.07) is 18.6. The van der Waals surface area contributed by atoms with Gasteiger partial charge in [0.15, 0.2) is 0 Å². The highest BCUT2D eigenvalue weighted by Crippen LogP contribution is 2.13. The number of anilines is 1. The number of hydrogen-bond donors (Lipinski definition) is 2. The molecular formula is C22H30N4O2+2. The number of nitrogens with one attached hydrogen (secondary N) is 2. The van der Waals surface area contributed by atoms with E-state index in [1.165, 1.54) is 50.3 Å². The fraction of sp³-hybridized carbons (Fsp3) is 0.455. The maximum atomic E-state index is 10.8. The maximum absolute atomic E-state index is 10.8. The van der Waals surface area contributed by atoms with Crippen LogP contribution in [-0.4, -0.2) is 50.2 Å². The molecule has 28 heavy (non-hydrogen) atoms. The number of hydrogen-bond acceptors (Lipinski definition) is 3. The second-order valence-electron chi connectivity index (χ2n) is 8.11. The highest BCUT2D eigenvalue weighted by Gasteiger charge is 2.32. The number of non-ortho nitro benzene ring substituents is 1. The van der Waals surface area contributed by atoms with Crippen molar-refractivity contribution in [3.05, 3.63) is 70.3 Å². The summed E-state index contributed by atoms with van der Waals surface area (Å²) in [5.41, 5.74) is 2.72. The summed E-state index contributed by atoms with van der Waals surface area (Å²) in [5.74, 6) is 0.